The third-order valence-corrected chi connectivity index (χ3v) is 4.81. The summed E-state index contributed by atoms with van der Waals surface area (Å²) >= 11 is 2.84. The summed E-state index contributed by atoms with van der Waals surface area (Å²) < 4.78 is 2.18. The fourth-order valence-corrected chi connectivity index (χ4v) is 3.87. The molecular weight excluding hydrogens is 285 g/mol. The Hall–Kier alpha value is -2.41. The molecule has 0 aliphatic carbocycles. The number of rotatable bonds is 0. The average Bonchev–Trinajstić information content (AvgIpc) is 2.89. The number of benzene rings is 2. The van der Waals surface area contributed by atoms with Crippen LogP contribution in [0.25, 0.3) is 43.6 Å². The fourth-order valence-electron chi connectivity index (χ4n) is 3.38. The number of pyridine rings is 2. The molecule has 0 amide bonds. The molecule has 0 saturated heterocycles. The monoisotopic (exact) mass is 295 g/mol. The van der Waals surface area contributed by atoms with Gasteiger partial charge < -0.3 is 3.55 Å². The summed E-state index contributed by atoms with van der Waals surface area (Å²) in [5.41, 5.74) is 4.31. The molecule has 0 spiro atoms. The van der Waals surface area contributed by atoms with E-state index in [-0.39, 0.29) is 0 Å². The van der Waals surface area contributed by atoms with E-state index in [9.17, 15) is 0 Å². The average molecular weight is 295 g/mol. The van der Waals surface area contributed by atoms with Gasteiger partial charge in [-0.2, -0.15) is 0 Å². The van der Waals surface area contributed by atoms with Crippen molar-refractivity contribution in [2.24, 2.45) is 0 Å². The molecule has 0 atom stereocenters. The molecule has 3 heterocycles. The molecule has 2 aromatic carbocycles. The molecule has 0 bridgehead atoms. The van der Waals surface area contributed by atoms with E-state index < -0.39 is 0 Å². The lowest BCUT2D eigenvalue weighted by atomic mass is 10.0. The topological polar surface area (TPSA) is 30.7 Å². The fraction of sp³-hybridized carbons (Fsp3) is 0. The van der Waals surface area contributed by atoms with Crippen molar-refractivity contribution in [2.75, 3.05) is 0 Å². The van der Waals surface area contributed by atoms with Crippen molar-refractivity contribution < 1.29 is 0 Å². The minimum absolute atomic E-state index is 0.956. The molecule has 100 valence electrons. The summed E-state index contributed by atoms with van der Waals surface area (Å²) in [4.78, 5) is 9.18. The molecule has 2 radical (unpaired) electrons. The lowest BCUT2D eigenvalue weighted by Gasteiger charge is -2.08. The zero-order valence-corrected chi connectivity index (χ0v) is 12.8. The van der Waals surface area contributed by atoms with Crippen molar-refractivity contribution in [3.8, 4) is 0 Å². The van der Waals surface area contributed by atoms with Gasteiger partial charge in [0.25, 0.3) is 0 Å². The largest absolute Gasteiger partial charge is 0.451 e. The van der Waals surface area contributed by atoms with Gasteiger partial charge in [-0.1, -0.05) is 24.3 Å². The SMILES string of the molecule is [Al][n]1c2ccccc2c2c3cccnc3c3ncccc3c21. The quantitative estimate of drug-likeness (QED) is 0.321. The van der Waals surface area contributed by atoms with Crippen LogP contribution >= 0.6 is 0 Å². The van der Waals surface area contributed by atoms with Gasteiger partial charge in [-0.3, -0.25) is 9.97 Å². The van der Waals surface area contributed by atoms with Crippen LogP contribution in [0.5, 0.6) is 0 Å². The molecule has 0 aliphatic heterocycles. The number of fused-ring (bicyclic) bond motifs is 8. The molecule has 3 aromatic heterocycles. The Morgan fingerprint density at radius 1 is 0.727 bits per heavy atom. The second kappa shape index (κ2) is 4.30. The van der Waals surface area contributed by atoms with E-state index in [2.05, 4.69) is 66.4 Å². The highest BCUT2D eigenvalue weighted by atomic mass is 27.1. The van der Waals surface area contributed by atoms with Crippen molar-refractivity contribution in [2.45, 2.75) is 0 Å². The van der Waals surface area contributed by atoms with E-state index in [0.717, 1.165) is 21.8 Å². The van der Waals surface area contributed by atoms with E-state index in [0.29, 0.717) is 0 Å². The van der Waals surface area contributed by atoms with E-state index in [1.54, 1.807) is 0 Å². The lowest BCUT2D eigenvalue weighted by molar-refractivity contribution is 1.36. The van der Waals surface area contributed by atoms with Gasteiger partial charge in [-0.05, 0) is 24.3 Å². The van der Waals surface area contributed by atoms with Crippen LogP contribution in [0.1, 0.15) is 0 Å². The number of para-hydroxylation sites is 1. The first-order valence-electron chi connectivity index (χ1n) is 7.16. The van der Waals surface area contributed by atoms with Crippen molar-refractivity contribution in [3.05, 3.63) is 60.9 Å². The van der Waals surface area contributed by atoms with E-state index in [1.165, 1.54) is 21.8 Å². The Bertz CT molecular complexity index is 1190. The minimum Gasteiger partial charge on any atom is -0.451 e. The van der Waals surface area contributed by atoms with Crippen molar-refractivity contribution in [1.29, 1.82) is 0 Å². The van der Waals surface area contributed by atoms with Crippen LogP contribution in [0.4, 0.5) is 0 Å². The van der Waals surface area contributed by atoms with Gasteiger partial charge in [-0.15, -0.1) is 0 Å². The van der Waals surface area contributed by atoms with Gasteiger partial charge in [0.2, 0.25) is 0 Å². The molecule has 22 heavy (non-hydrogen) atoms. The van der Waals surface area contributed by atoms with Gasteiger partial charge in [0, 0.05) is 45.0 Å². The normalized spacial score (nSPS) is 11.8. The number of nitrogens with zero attached hydrogens (tertiary/aromatic N) is 3. The van der Waals surface area contributed by atoms with Gasteiger partial charge >= 0.3 is 16.5 Å². The van der Waals surface area contributed by atoms with E-state index in [1.807, 2.05) is 24.5 Å². The molecule has 5 aromatic rings. The predicted octanol–water partition coefficient (Wildman–Crippen LogP) is 3.82. The summed E-state index contributed by atoms with van der Waals surface area (Å²) in [5, 5.41) is 4.78. The Morgan fingerprint density at radius 2 is 1.36 bits per heavy atom. The van der Waals surface area contributed by atoms with Crippen molar-refractivity contribution in [3.63, 3.8) is 0 Å². The van der Waals surface area contributed by atoms with Gasteiger partial charge in [0.05, 0.1) is 11.0 Å². The zero-order chi connectivity index (χ0) is 14.7. The summed E-state index contributed by atoms with van der Waals surface area (Å²) in [6.07, 6.45) is 3.67. The van der Waals surface area contributed by atoms with Crippen LogP contribution in [0.2, 0.25) is 0 Å². The highest BCUT2D eigenvalue weighted by Crippen LogP contribution is 2.38. The number of aromatic nitrogens is 3. The molecule has 0 saturated carbocycles. The van der Waals surface area contributed by atoms with Crippen LogP contribution in [0, 0.1) is 0 Å². The molecule has 0 fully saturated rings. The Labute approximate surface area is 134 Å². The first kappa shape index (κ1) is 12.2. The summed E-state index contributed by atoms with van der Waals surface area (Å²) in [6.45, 7) is 0. The second-order valence-corrected chi connectivity index (χ2v) is 5.93. The van der Waals surface area contributed by atoms with Gasteiger partial charge in [-0.25, -0.2) is 0 Å². The molecule has 0 N–H and O–H groups in total. The van der Waals surface area contributed by atoms with Crippen LogP contribution in [-0.4, -0.2) is 30.0 Å². The molecular formula is C18H10AlN3. The van der Waals surface area contributed by atoms with Gasteiger partial charge in [0.15, 0.2) is 0 Å². The van der Waals surface area contributed by atoms with E-state index in [4.69, 9.17) is 0 Å². The highest BCUT2D eigenvalue weighted by molar-refractivity contribution is 6.34. The third-order valence-electron chi connectivity index (χ3n) is 4.27. The Balaban J connectivity index is 2.29. The summed E-state index contributed by atoms with van der Waals surface area (Å²) in [6, 6.07) is 16.7. The summed E-state index contributed by atoms with van der Waals surface area (Å²) in [7, 11) is 0. The third kappa shape index (κ3) is 1.41. The zero-order valence-electron chi connectivity index (χ0n) is 11.7. The second-order valence-electron chi connectivity index (χ2n) is 5.41. The lowest BCUT2D eigenvalue weighted by Crippen LogP contribution is -1.93. The van der Waals surface area contributed by atoms with Gasteiger partial charge in [0.1, 0.15) is 0 Å². The van der Waals surface area contributed by atoms with Crippen LogP contribution in [-0.2, 0) is 0 Å². The Kier molecular flexibility index (Phi) is 2.38. The molecule has 3 nitrogen and oxygen atoms in total. The predicted molar refractivity (Wildman–Crippen MR) is 91.2 cm³/mol. The smallest absolute Gasteiger partial charge is 0.318 e. The number of hydrogen-bond donors (Lipinski definition) is 0. The maximum atomic E-state index is 4.60. The van der Waals surface area contributed by atoms with Crippen LogP contribution in [0.15, 0.2) is 60.9 Å². The minimum atomic E-state index is 0.956. The first-order valence-corrected chi connectivity index (χ1v) is 7.67. The van der Waals surface area contributed by atoms with Crippen LogP contribution in [0.3, 0.4) is 0 Å². The highest BCUT2D eigenvalue weighted by Gasteiger charge is 2.15. The molecule has 5 rings (SSSR count). The van der Waals surface area contributed by atoms with Crippen LogP contribution < -0.4 is 0 Å². The Morgan fingerprint density at radius 3 is 2.18 bits per heavy atom. The molecule has 0 unspecified atom stereocenters. The maximum absolute atomic E-state index is 4.60. The van der Waals surface area contributed by atoms with E-state index >= 15 is 0 Å². The maximum Gasteiger partial charge on any atom is 0.318 e. The molecule has 0 aliphatic rings. The van der Waals surface area contributed by atoms with Crippen molar-refractivity contribution >= 4 is 60.1 Å². The number of hydrogen-bond acceptors (Lipinski definition) is 2. The summed E-state index contributed by atoms with van der Waals surface area (Å²) in [5.74, 6) is 0. The standard InChI is InChI=1S/C18H10N3.Al/c1-2-8-14-11(5-1)15-12-6-3-9-19-17(12)18-13(16(15)21-14)7-4-10-20-18;/h1-10H;/q-1;+1. The van der Waals surface area contributed by atoms with Crippen molar-refractivity contribution in [1.82, 2.24) is 13.5 Å². The molecule has 4 heteroatoms. The first-order chi connectivity index (χ1) is 10.9.